The minimum atomic E-state index is -6.02. The third kappa shape index (κ3) is 5.70. The van der Waals surface area contributed by atoms with Crippen LogP contribution in [0.15, 0.2) is 53.4 Å². The maximum Gasteiger partial charge on any atom is 0.430 e. The second kappa shape index (κ2) is 9.19. The van der Waals surface area contributed by atoms with E-state index in [1.165, 1.54) is 24.3 Å². The quantitative estimate of drug-likeness (QED) is 0.470. The molecule has 0 bridgehead atoms. The van der Waals surface area contributed by atoms with Crippen LogP contribution in [0.1, 0.15) is 24.0 Å². The number of hydrogen-bond acceptors (Lipinski definition) is 4. The lowest BCUT2D eigenvalue weighted by molar-refractivity contribution is -0.376. The Morgan fingerprint density at radius 1 is 0.971 bits per heavy atom. The molecule has 2 aromatic rings. The van der Waals surface area contributed by atoms with Crippen molar-refractivity contribution in [3.63, 3.8) is 0 Å². The molecule has 0 saturated heterocycles. The number of alkyl halides is 6. The lowest BCUT2D eigenvalue weighted by atomic mass is 9.92. The zero-order valence-corrected chi connectivity index (χ0v) is 18.2. The maximum absolute atomic E-state index is 13.0. The summed E-state index contributed by atoms with van der Waals surface area (Å²) < 4.78 is 105. The predicted molar refractivity (Wildman–Crippen MR) is 109 cm³/mol. The minimum absolute atomic E-state index is 0.0404. The van der Waals surface area contributed by atoms with Gasteiger partial charge >= 0.3 is 12.4 Å². The van der Waals surface area contributed by atoms with Crippen LogP contribution in [0.4, 0.5) is 32.0 Å². The average molecular weight is 510 g/mol. The molecular formula is C21H20F6N2O4S. The van der Waals surface area contributed by atoms with E-state index in [1.807, 2.05) is 0 Å². The van der Waals surface area contributed by atoms with Crippen molar-refractivity contribution < 1.29 is 44.7 Å². The first kappa shape index (κ1) is 26.0. The molecule has 34 heavy (non-hydrogen) atoms. The number of anilines is 1. The van der Waals surface area contributed by atoms with Crippen LogP contribution < -0.4 is 10.0 Å². The number of hydrogen-bond donors (Lipinski definition) is 3. The standard InChI is InChI=1S/C21H20F6N2O4S/c22-20(23,24)19(31,21(25,26)27)15-6-8-16(9-7-15)29-18(30)11-14-2-1-3-17(10-14)34(32,33)28-12-13-4-5-13/h1-3,6-10,13,28,31H,4-5,11-12H2,(H,29,30). The molecule has 1 amide bonds. The molecular weight excluding hydrogens is 490 g/mol. The van der Waals surface area contributed by atoms with E-state index in [4.69, 9.17) is 0 Å². The smallest absolute Gasteiger partial charge is 0.369 e. The summed E-state index contributed by atoms with van der Waals surface area (Å²) in [6, 6.07) is 8.00. The van der Waals surface area contributed by atoms with E-state index in [0.717, 1.165) is 25.0 Å². The SMILES string of the molecule is O=C(Cc1cccc(S(=O)(=O)NCC2CC2)c1)Nc1ccc(C(O)(C(F)(F)F)C(F)(F)F)cc1. The molecule has 1 aliphatic carbocycles. The van der Waals surface area contributed by atoms with E-state index in [9.17, 15) is 44.7 Å². The third-order valence-electron chi connectivity index (χ3n) is 5.24. The van der Waals surface area contributed by atoms with Crippen molar-refractivity contribution in [1.29, 1.82) is 0 Å². The van der Waals surface area contributed by atoms with Gasteiger partial charge in [0.15, 0.2) is 0 Å². The molecule has 0 aromatic heterocycles. The third-order valence-corrected chi connectivity index (χ3v) is 6.66. The van der Waals surface area contributed by atoms with Gasteiger partial charge < -0.3 is 10.4 Å². The molecule has 0 aliphatic heterocycles. The van der Waals surface area contributed by atoms with Crippen molar-refractivity contribution in [3.8, 4) is 0 Å². The van der Waals surface area contributed by atoms with Crippen LogP contribution >= 0.6 is 0 Å². The van der Waals surface area contributed by atoms with Gasteiger partial charge in [0.05, 0.1) is 11.3 Å². The summed E-state index contributed by atoms with van der Waals surface area (Å²) in [5.74, 6) is -0.367. The van der Waals surface area contributed by atoms with E-state index in [2.05, 4.69) is 10.0 Å². The summed E-state index contributed by atoms with van der Waals surface area (Å²) in [7, 11) is -3.76. The van der Waals surface area contributed by atoms with Crippen molar-refractivity contribution in [3.05, 3.63) is 59.7 Å². The monoisotopic (exact) mass is 510 g/mol. The highest BCUT2D eigenvalue weighted by Gasteiger charge is 2.71. The molecule has 1 saturated carbocycles. The molecule has 6 nitrogen and oxygen atoms in total. The number of halogens is 6. The van der Waals surface area contributed by atoms with Crippen LogP contribution in [0.25, 0.3) is 0 Å². The average Bonchev–Trinajstić information content (AvgIpc) is 3.55. The van der Waals surface area contributed by atoms with Gasteiger partial charge in [-0.15, -0.1) is 0 Å². The summed E-state index contributed by atoms with van der Waals surface area (Å²) in [5.41, 5.74) is -6.31. The first-order valence-electron chi connectivity index (χ1n) is 9.98. The van der Waals surface area contributed by atoms with Gasteiger partial charge in [-0.1, -0.05) is 24.3 Å². The van der Waals surface area contributed by atoms with Gasteiger partial charge in [-0.3, -0.25) is 4.79 Å². The van der Waals surface area contributed by atoms with Gasteiger partial charge in [0.2, 0.25) is 15.9 Å². The van der Waals surface area contributed by atoms with Crippen LogP contribution in [-0.4, -0.2) is 38.3 Å². The molecule has 0 unspecified atom stereocenters. The van der Waals surface area contributed by atoms with Crippen molar-refractivity contribution in [1.82, 2.24) is 4.72 Å². The summed E-state index contributed by atoms with van der Waals surface area (Å²) in [6.45, 7) is 0.320. The van der Waals surface area contributed by atoms with E-state index in [-0.39, 0.29) is 17.0 Å². The lowest BCUT2D eigenvalue weighted by Gasteiger charge is -2.32. The summed E-state index contributed by atoms with van der Waals surface area (Å²) in [4.78, 5) is 12.2. The minimum Gasteiger partial charge on any atom is -0.369 e. The van der Waals surface area contributed by atoms with Crippen LogP contribution in [-0.2, 0) is 26.8 Å². The molecule has 13 heteroatoms. The molecule has 0 atom stereocenters. The fourth-order valence-corrected chi connectivity index (χ4v) is 4.31. The summed E-state index contributed by atoms with van der Waals surface area (Å²) in [5, 5.41) is 11.7. The Morgan fingerprint density at radius 3 is 2.09 bits per heavy atom. The maximum atomic E-state index is 13.0. The molecule has 2 aromatic carbocycles. The number of benzene rings is 2. The molecule has 0 heterocycles. The summed E-state index contributed by atoms with van der Waals surface area (Å²) in [6.07, 6.45) is -10.4. The van der Waals surface area contributed by atoms with Crippen LogP contribution in [0, 0.1) is 5.92 Å². The Hall–Kier alpha value is -2.64. The van der Waals surface area contributed by atoms with Crippen molar-refractivity contribution >= 4 is 21.6 Å². The Morgan fingerprint density at radius 2 is 1.56 bits per heavy atom. The Labute approximate surface area is 191 Å². The number of carbonyl (C=O) groups excluding carboxylic acids is 1. The number of nitrogens with one attached hydrogen (secondary N) is 2. The number of amides is 1. The Balaban J connectivity index is 1.69. The van der Waals surface area contributed by atoms with Crippen LogP contribution in [0.3, 0.4) is 0 Å². The molecule has 1 fully saturated rings. The second-order valence-corrected chi connectivity index (χ2v) is 9.72. The van der Waals surface area contributed by atoms with Gasteiger partial charge in [-0.2, -0.15) is 26.3 Å². The van der Waals surface area contributed by atoms with Crippen molar-refractivity contribution in [2.24, 2.45) is 5.92 Å². The van der Waals surface area contributed by atoms with Gasteiger partial charge in [0, 0.05) is 17.8 Å². The van der Waals surface area contributed by atoms with Gasteiger partial charge in [0.25, 0.3) is 5.60 Å². The Bertz CT molecular complexity index is 1130. The highest BCUT2D eigenvalue weighted by atomic mass is 32.2. The number of carbonyl (C=O) groups is 1. The first-order valence-corrected chi connectivity index (χ1v) is 11.5. The fourth-order valence-electron chi connectivity index (χ4n) is 3.13. The van der Waals surface area contributed by atoms with Crippen LogP contribution in [0.2, 0.25) is 0 Å². The molecule has 0 radical (unpaired) electrons. The highest BCUT2D eigenvalue weighted by molar-refractivity contribution is 7.89. The van der Waals surface area contributed by atoms with Gasteiger partial charge in [-0.25, -0.2) is 13.1 Å². The first-order chi connectivity index (χ1) is 15.6. The number of aliphatic hydroxyl groups is 1. The van der Waals surface area contributed by atoms with Crippen LogP contribution in [0.5, 0.6) is 0 Å². The zero-order chi connectivity index (χ0) is 25.4. The second-order valence-electron chi connectivity index (χ2n) is 7.95. The Kier molecular flexibility index (Phi) is 7.02. The molecule has 3 rings (SSSR count). The molecule has 1 aliphatic rings. The van der Waals surface area contributed by atoms with Gasteiger partial charge in [-0.05, 0) is 48.6 Å². The van der Waals surface area contributed by atoms with E-state index < -0.39 is 39.4 Å². The lowest BCUT2D eigenvalue weighted by Crippen LogP contribution is -2.53. The molecule has 3 N–H and O–H groups in total. The normalized spacial score (nSPS) is 15.3. The van der Waals surface area contributed by atoms with Crippen molar-refractivity contribution in [2.45, 2.75) is 42.1 Å². The van der Waals surface area contributed by atoms with E-state index >= 15 is 0 Å². The van der Waals surface area contributed by atoms with E-state index in [1.54, 1.807) is 0 Å². The van der Waals surface area contributed by atoms with E-state index in [0.29, 0.717) is 30.2 Å². The van der Waals surface area contributed by atoms with Gasteiger partial charge in [0.1, 0.15) is 0 Å². The number of rotatable bonds is 8. The largest absolute Gasteiger partial charge is 0.430 e. The summed E-state index contributed by atoms with van der Waals surface area (Å²) >= 11 is 0. The molecule has 186 valence electrons. The predicted octanol–water partition coefficient (Wildman–Crippen LogP) is 3.87. The highest BCUT2D eigenvalue weighted by Crippen LogP contribution is 2.50. The zero-order valence-electron chi connectivity index (χ0n) is 17.4. The van der Waals surface area contributed by atoms with Crippen molar-refractivity contribution in [2.75, 3.05) is 11.9 Å². The fraction of sp³-hybridized carbons (Fsp3) is 0.381. The topological polar surface area (TPSA) is 95.5 Å². The molecule has 0 spiro atoms. The number of sulfonamides is 1.